The molecule has 0 saturated carbocycles. The molecule has 1 aliphatic rings. The minimum absolute atomic E-state index is 0.177. The molecule has 1 aliphatic heterocycles. The van der Waals surface area contributed by atoms with Gasteiger partial charge in [-0.3, -0.25) is 14.3 Å². The first-order valence-electron chi connectivity index (χ1n) is 12.5. The van der Waals surface area contributed by atoms with E-state index in [0.717, 1.165) is 12.0 Å². The van der Waals surface area contributed by atoms with Crippen molar-refractivity contribution in [1.82, 2.24) is 24.9 Å². The van der Waals surface area contributed by atoms with Crippen molar-refractivity contribution in [3.8, 4) is 11.3 Å². The van der Waals surface area contributed by atoms with Crippen molar-refractivity contribution in [2.75, 3.05) is 27.7 Å². The molecule has 0 spiro atoms. The molecule has 202 valence electrons. The number of rotatable bonds is 5. The monoisotopic (exact) mass is 504 g/mol. The van der Waals surface area contributed by atoms with E-state index in [1.165, 1.54) is 10.9 Å². The van der Waals surface area contributed by atoms with Gasteiger partial charge in [-0.1, -0.05) is 58.9 Å². The van der Waals surface area contributed by atoms with E-state index < -0.39 is 12.1 Å². The summed E-state index contributed by atoms with van der Waals surface area (Å²) in [6, 6.07) is 6.15. The lowest BCUT2D eigenvalue weighted by Crippen LogP contribution is -2.54. The Hall–Kier alpha value is -2.78. The number of likely N-dealkylation sites (tertiary alicyclic amines) is 1. The van der Waals surface area contributed by atoms with Crippen LogP contribution in [0.25, 0.3) is 11.3 Å². The van der Waals surface area contributed by atoms with Crippen molar-refractivity contribution in [1.29, 1.82) is 0 Å². The molecule has 3 rings (SSSR count). The summed E-state index contributed by atoms with van der Waals surface area (Å²) in [6.45, 7) is 10.6. The minimum atomic E-state index is -0.647. The quantitative estimate of drug-likeness (QED) is 0.651. The number of aryl methyl sites for hydroxylation is 1. The van der Waals surface area contributed by atoms with Crippen LogP contribution in [0.5, 0.6) is 0 Å². The van der Waals surface area contributed by atoms with E-state index in [-0.39, 0.29) is 23.0 Å². The summed E-state index contributed by atoms with van der Waals surface area (Å²) in [5, 5.41) is 6.83. The summed E-state index contributed by atoms with van der Waals surface area (Å²) in [6.07, 6.45) is 2.60. The van der Waals surface area contributed by atoms with E-state index in [9.17, 15) is 14.0 Å². The molecule has 1 saturated heterocycles. The van der Waals surface area contributed by atoms with Gasteiger partial charge in [0.15, 0.2) is 5.82 Å². The first-order chi connectivity index (χ1) is 16.8. The van der Waals surface area contributed by atoms with Crippen molar-refractivity contribution in [2.45, 2.75) is 66.1 Å². The van der Waals surface area contributed by atoms with Crippen LogP contribution in [0.2, 0.25) is 0 Å². The number of benzene rings is 1. The highest BCUT2D eigenvalue weighted by Crippen LogP contribution is 2.25. The smallest absolute Gasteiger partial charge is 0.243 e. The number of hydrogen-bond acceptors (Lipinski definition) is 5. The second kappa shape index (κ2) is 14.1. The topological polar surface area (TPSA) is 96.5 Å². The summed E-state index contributed by atoms with van der Waals surface area (Å²) in [4.78, 5) is 29.1. The van der Waals surface area contributed by atoms with Crippen LogP contribution in [-0.4, -0.2) is 71.2 Å². The van der Waals surface area contributed by atoms with E-state index >= 15 is 0 Å². The van der Waals surface area contributed by atoms with Crippen molar-refractivity contribution >= 4 is 11.8 Å². The first kappa shape index (κ1) is 31.3. The van der Waals surface area contributed by atoms with Crippen LogP contribution in [0, 0.1) is 11.2 Å². The van der Waals surface area contributed by atoms with Gasteiger partial charge in [-0.15, -0.1) is 0 Å². The van der Waals surface area contributed by atoms with Crippen LogP contribution in [-0.2, 0) is 23.2 Å². The number of halogens is 1. The highest BCUT2D eigenvalue weighted by Gasteiger charge is 2.39. The minimum Gasteiger partial charge on any atom is -0.350 e. The fourth-order valence-electron chi connectivity index (χ4n) is 3.68. The van der Waals surface area contributed by atoms with Crippen LogP contribution in [0.15, 0.2) is 30.5 Å². The number of aromatic nitrogens is 2. The summed E-state index contributed by atoms with van der Waals surface area (Å²) < 4.78 is 15.4. The maximum atomic E-state index is 13.9. The molecule has 2 aromatic rings. The lowest BCUT2D eigenvalue weighted by atomic mass is 9.86. The molecule has 3 N–H and O–H groups in total. The molecular formula is C27H45FN6O2. The van der Waals surface area contributed by atoms with Crippen molar-refractivity contribution in [2.24, 2.45) is 18.2 Å². The van der Waals surface area contributed by atoms with E-state index in [0.29, 0.717) is 30.8 Å². The molecule has 0 bridgehead atoms. The Bertz CT molecular complexity index is 943. The van der Waals surface area contributed by atoms with Gasteiger partial charge in [-0.05, 0) is 45.0 Å². The number of hydrogen-bond donors (Lipinski definition) is 2. The number of amides is 2. The van der Waals surface area contributed by atoms with Gasteiger partial charge in [0.2, 0.25) is 11.8 Å². The summed E-state index contributed by atoms with van der Waals surface area (Å²) in [5.41, 5.74) is 7.77. The fraction of sp³-hybridized carbons (Fsp3) is 0.593. The Morgan fingerprint density at radius 1 is 1.19 bits per heavy atom. The molecule has 2 atom stereocenters. The first-order valence-corrected chi connectivity index (χ1v) is 12.5. The van der Waals surface area contributed by atoms with Crippen LogP contribution in [0.3, 0.4) is 0 Å². The number of carbonyl (C=O) groups excluding carboxylic acids is 2. The molecule has 1 aromatic heterocycles. The van der Waals surface area contributed by atoms with Gasteiger partial charge in [0.05, 0.1) is 12.2 Å². The molecule has 2 unspecified atom stereocenters. The SMILES string of the molecule is CC.CN(C)C.Cn1ncc(F)c1-c1ccc(CNC(=O)C2CCCN2C(=O)C(N)C(C)(C)C)cc1. The molecule has 8 nitrogen and oxygen atoms in total. The van der Waals surface area contributed by atoms with Gasteiger partial charge in [-0.2, -0.15) is 5.10 Å². The van der Waals surface area contributed by atoms with E-state index in [1.807, 2.05) is 72.8 Å². The van der Waals surface area contributed by atoms with Gasteiger partial charge in [-0.25, -0.2) is 4.39 Å². The predicted molar refractivity (Wildman–Crippen MR) is 144 cm³/mol. The van der Waals surface area contributed by atoms with Gasteiger partial charge < -0.3 is 20.9 Å². The largest absolute Gasteiger partial charge is 0.350 e. The molecule has 1 fully saturated rings. The molecule has 2 heterocycles. The zero-order valence-electron chi connectivity index (χ0n) is 23.4. The standard InChI is InChI=1S/C22H30FN5O2.C3H9N.C2H6/c1-22(2,3)19(24)21(30)28-11-5-6-17(28)20(29)25-12-14-7-9-15(10-8-14)18-16(23)13-26-27(18)4;1-4(2)3;1-2/h7-10,13,17,19H,5-6,11-12,24H2,1-4H3,(H,25,29);1-3H3;1-2H3. The number of nitrogens with zero attached hydrogens (tertiary/aromatic N) is 4. The molecule has 0 aliphatic carbocycles. The van der Waals surface area contributed by atoms with Crippen LogP contribution in [0.1, 0.15) is 53.0 Å². The summed E-state index contributed by atoms with van der Waals surface area (Å²) in [7, 11) is 7.69. The number of carbonyl (C=O) groups is 2. The molecule has 0 radical (unpaired) electrons. The second-order valence-corrected chi connectivity index (χ2v) is 10.3. The Kier molecular flexibility index (Phi) is 12.2. The molecule has 9 heteroatoms. The third-order valence-corrected chi connectivity index (χ3v) is 5.63. The molecule has 1 aromatic carbocycles. The average Bonchev–Trinajstić information content (AvgIpc) is 3.44. The fourth-order valence-corrected chi connectivity index (χ4v) is 3.68. The number of nitrogens with one attached hydrogen (secondary N) is 1. The van der Waals surface area contributed by atoms with Crippen LogP contribution >= 0.6 is 0 Å². The molecule has 2 amide bonds. The van der Waals surface area contributed by atoms with Gasteiger partial charge >= 0.3 is 0 Å². The Morgan fingerprint density at radius 2 is 1.75 bits per heavy atom. The van der Waals surface area contributed by atoms with Crippen LogP contribution < -0.4 is 11.1 Å². The lowest BCUT2D eigenvalue weighted by molar-refractivity contribution is -0.141. The Morgan fingerprint density at radius 3 is 2.22 bits per heavy atom. The van der Waals surface area contributed by atoms with Crippen LogP contribution in [0.4, 0.5) is 4.39 Å². The summed E-state index contributed by atoms with van der Waals surface area (Å²) >= 11 is 0. The Balaban J connectivity index is 0.000000982. The highest BCUT2D eigenvalue weighted by molar-refractivity contribution is 5.90. The molecule has 36 heavy (non-hydrogen) atoms. The maximum Gasteiger partial charge on any atom is 0.243 e. The molecular weight excluding hydrogens is 459 g/mol. The van der Waals surface area contributed by atoms with Crippen molar-refractivity contribution < 1.29 is 14.0 Å². The number of nitrogens with two attached hydrogens (primary N) is 1. The third kappa shape index (κ3) is 8.71. The van der Waals surface area contributed by atoms with Gasteiger partial charge in [0.1, 0.15) is 11.7 Å². The van der Waals surface area contributed by atoms with Gasteiger partial charge in [0, 0.05) is 25.7 Å². The van der Waals surface area contributed by atoms with Crippen molar-refractivity contribution in [3.05, 3.63) is 41.8 Å². The Labute approximate surface area is 216 Å². The zero-order valence-corrected chi connectivity index (χ0v) is 23.4. The van der Waals surface area contributed by atoms with E-state index in [1.54, 1.807) is 24.1 Å². The average molecular weight is 505 g/mol. The summed E-state index contributed by atoms with van der Waals surface area (Å²) in [5.74, 6) is -0.732. The third-order valence-electron chi connectivity index (χ3n) is 5.63. The van der Waals surface area contributed by atoms with Gasteiger partial charge in [0.25, 0.3) is 0 Å². The van der Waals surface area contributed by atoms with E-state index in [2.05, 4.69) is 10.4 Å². The normalized spacial score (nSPS) is 16.0. The second-order valence-electron chi connectivity index (χ2n) is 10.3. The van der Waals surface area contributed by atoms with E-state index in [4.69, 9.17) is 5.73 Å². The van der Waals surface area contributed by atoms with Crippen molar-refractivity contribution in [3.63, 3.8) is 0 Å². The lowest BCUT2D eigenvalue weighted by Gasteiger charge is -2.32. The predicted octanol–water partition coefficient (Wildman–Crippen LogP) is 3.41. The zero-order chi connectivity index (χ0) is 27.6. The maximum absolute atomic E-state index is 13.9. The highest BCUT2D eigenvalue weighted by atomic mass is 19.1.